The lowest BCUT2D eigenvalue weighted by Crippen LogP contribution is -2.43. The molecule has 2 N–H and O–H groups in total. The number of rotatable bonds is 18. The number of benzene rings is 1. The molecule has 1 aromatic carbocycles. The first kappa shape index (κ1) is 33.7. The maximum Gasteiger partial charge on any atom is 0.223 e. The molecule has 5 atom stereocenters. The number of aliphatic hydroxyl groups is 1. The normalized spacial score (nSPS) is 18.7. The van der Waals surface area contributed by atoms with Gasteiger partial charge in [-0.05, 0) is 80.3 Å². The first-order chi connectivity index (χ1) is 19.1. The first-order valence-electron chi connectivity index (χ1n) is 14.6. The highest BCUT2D eigenvalue weighted by Crippen LogP contribution is 2.32. The van der Waals surface area contributed by atoms with Crippen LogP contribution in [0.15, 0.2) is 23.3 Å². The van der Waals surface area contributed by atoms with E-state index in [0.29, 0.717) is 31.1 Å². The van der Waals surface area contributed by atoms with Crippen LogP contribution in [0, 0.1) is 23.7 Å². The molecule has 2 rings (SSSR count). The zero-order chi connectivity index (χ0) is 29.7. The molecule has 0 saturated carbocycles. The molecule has 0 spiro atoms. The predicted octanol–water partition coefficient (Wildman–Crippen LogP) is 4.84. The van der Waals surface area contributed by atoms with Crippen molar-refractivity contribution in [1.82, 2.24) is 10.2 Å². The van der Waals surface area contributed by atoms with Crippen molar-refractivity contribution in [3.63, 3.8) is 0 Å². The predicted molar refractivity (Wildman–Crippen MR) is 158 cm³/mol. The molecular weight excluding hydrogens is 510 g/mol. The van der Waals surface area contributed by atoms with E-state index in [1.165, 1.54) is 0 Å². The SMILES string of the molecule is COCCCOc1cc(C[C@@H](C[C@H](N=[N+]=[N-])[C@@H](O)C[C@H](C(=O)NC2CCN(C)C2)C(C)C)C(C)C)ccc1OC. The number of amides is 1. The van der Waals surface area contributed by atoms with E-state index in [1.54, 1.807) is 14.2 Å². The first-order valence-corrected chi connectivity index (χ1v) is 14.6. The topological polar surface area (TPSA) is 129 Å². The van der Waals surface area contributed by atoms with Gasteiger partial charge in [-0.1, -0.05) is 38.9 Å². The summed E-state index contributed by atoms with van der Waals surface area (Å²) in [5, 5.41) is 18.4. The second kappa shape index (κ2) is 17.3. The molecular formula is C30H51N5O5. The number of azide groups is 1. The van der Waals surface area contributed by atoms with Crippen LogP contribution < -0.4 is 14.8 Å². The van der Waals surface area contributed by atoms with Gasteiger partial charge in [-0.2, -0.15) is 0 Å². The zero-order valence-corrected chi connectivity index (χ0v) is 25.5. The zero-order valence-electron chi connectivity index (χ0n) is 25.5. The maximum absolute atomic E-state index is 13.2. The van der Waals surface area contributed by atoms with Crippen molar-refractivity contribution in [2.75, 3.05) is 47.6 Å². The number of nitrogens with one attached hydrogen (secondary N) is 1. The summed E-state index contributed by atoms with van der Waals surface area (Å²) < 4.78 is 16.5. The summed E-state index contributed by atoms with van der Waals surface area (Å²) in [6, 6.07) is 5.43. The van der Waals surface area contributed by atoms with E-state index in [-0.39, 0.29) is 42.0 Å². The highest BCUT2D eigenvalue weighted by Gasteiger charge is 2.32. The molecule has 0 aromatic heterocycles. The minimum Gasteiger partial charge on any atom is -0.493 e. The summed E-state index contributed by atoms with van der Waals surface area (Å²) in [5.74, 6) is 1.42. The van der Waals surface area contributed by atoms with Crippen LogP contribution in [0.25, 0.3) is 10.4 Å². The van der Waals surface area contributed by atoms with Gasteiger partial charge in [0.2, 0.25) is 5.91 Å². The second-order valence-electron chi connectivity index (χ2n) is 11.8. The lowest BCUT2D eigenvalue weighted by Gasteiger charge is -2.30. The Morgan fingerprint density at radius 3 is 2.50 bits per heavy atom. The van der Waals surface area contributed by atoms with Crippen LogP contribution in [0.3, 0.4) is 0 Å². The summed E-state index contributed by atoms with van der Waals surface area (Å²) in [5.41, 5.74) is 10.4. The average Bonchev–Trinajstić information content (AvgIpc) is 3.32. The fourth-order valence-electron chi connectivity index (χ4n) is 5.36. The van der Waals surface area contributed by atoms with Gasteiger partial charge in [0.25, 0.3) is 0 Å². The number of carbonyl (C=O) groups excluding carboxylic acids is 1. The molecule has 226 valence electrons. The van der Waals surface area contributed by atoms with Crippen molar-refractivity contribution in [3.8, 4) is 11.5 Å². The number of ether oxygens (including phenoxy) is 3. The van der Waals surface area contributed by atoms with Crippen molar-refractivity contribution in [2.24, 2.45) is 28.8 Å². The Morgan fingerprint density at radius 2 is 1.93 bits per heavy atom. The molecule has 1 aromatic rings. The van der Waals surface area contributed by atoms with Gasteiger partial charge in [0.15, 0.2) is 11.5 Å². The number of methoxy groups -OCH3 is 2. The molecule has 0 radical (unpaired) electrons. The highest BCUT2D eigenvalue weighted by atomic mass is 16.5. The second-order valence-corrected chi connectivity index (χ2v) is 11.8. The smallest absolute Gasteiger partial charge is 0.223 e. The minimum atomic E-state index is -0.919. The lowest BCUT2D eigenvalue weighted by molar-refractivity contribution is -0.128. The number of hydrogen-bond donors (Lipinski definition) is 2. The van der Waals surface area contributed by atoms with E-state index in [0.717, 1.165) is 37.9 Å². The Balaban J connectivity index is 2.12. The molecule has 40 heavy (non-hydrogen) atoms. The van der Waals surface area contributed by atoms with E-state index in [1.807, 2.05) is 39.1 Å². The van der Waals surface area contributed by atoms with Crippen LogP contribution in [0.2, 0.25) is 0 Å². The van der Waals surface area contributed by atoms with Gasteiger partial charge >= 0.3 is 0 Å². The van der Waals surface area contributed by atoms with E-state index in [9.17, 15) is 15.4 Å². The van der Waals surface area contributed by atoms with E-state index in [2.05, 4.69) is 34.1 Å². The van der Waals surface area contributed by atoms with Gasteiger partial charge in [0.05, 0.1) is 25.9 Å². The summed E-state index contributed by atoms with van der Waals surface area (Å²) in [6.45, 7) is 11.2. The third-order valence-electron chi connectivity index (χ3n) is 7.98. The summed E-state index contributed by atoms with van der Waals surface area (Å²) in [6.07, 6.45) is 2.28. The van der Waals surface area contributed by atoms with Crippen molar-refractivity contribution < 1.29 is 24.1 Å². The molecule has 1 aliphatic rings. The quantitative estimate of drug-likeness (QED) is 0.114. The Kier molecular flexibility index (Phi) is 14.6. The van der Waals surface area contributed by atoms with Gasteiger partial charge in [-0.25, -0.2) is 0 Å². The van der Waals surface area contributed by atoms with Crippen molar-refractivity contribution in [3.05, 3.63) is 34.2 Å². The van der Waals surface area contributed by atoms with Crippen LogP contribution in [-0.4, -0.2) is 81.7 Å². The summed E-state index contributed by atoms with van der Waals surface area (Å²) in [4.78, 5) is 18.4. The molecule has 10 heteroatoms. The molecule has 1 heterocycles. The maximum atomic E-state index is 13.2. The number of likely N-dealkylation sites (N-methyl/N-ethyl adjacent to an activating group) is 1. The number of hydrogen-bond acceptors (Lipinski definition) is 7. The van der Waals surface area contributed by atoms with Gasteiger partial charge in [0.1, 0.15) is 0 Å². The number of nitrogens with zero attached hydrogens (tertiary/aromatic N) is 4. The summed E-state index contributed by atoms with van der Waals surface area (Å²) in [7, 11) is 5.34. The van der Waals surface area contributed by atoms with Gasteiger partial charge in [0, 0.05) is 43.6 Å². The van der Waals surface area contributed by atoms with Gasteiger partial charge < -0.3 is 29.5 Å². The molecule has 1 aliphatic heterocycles. The van der Waals surface area contributed by atoms with Crippen LogP contribution in [0.1, 0.15) is 58.9 Å². The van der Waals surface area contributed by atoms with E-state index < -0.39 is 12.1 Å². The molecule has 1 fully saturated rings. The van der Waals surface area contributed by atoms with Crippen LogP contribution >= 0.6 is 0 Å². The Morgan fingerprint density at radius 1 is 1.18 bits per heavy atom. The van der Waals surface area contributed by atoms with Crippen molar-refractivity contribution in [2.45, 2.75) is 78.0 Å². The third-order valence-corrected chi connectivity index (χ3v) is 7.98. The van der Waals surface area contributed by atoms with Gasteiger partial charge in [-0.15, -0.1) is 0 Å². The van der Waals surface area contributed by atoms with E-state index >= 15 is 0 Å². The van der Waals surface area contributed by atoms with Crippen molar-refractivity contribution >= 4 is 5.91 Å². The Labute approximate surface area is 240 Å². The molecule has 0 bridgehead atoms. The third kappa shape index (κ3) is 10.8. The monoisotopic (exact) mass is 561 g/mol. The Hall–Kier alpha value is -2.52. The number of aliphatic hydroxyl groups excluding tert-OH is 1. The molecule has 1 unspecified atom stereocenters. The van der Waals surface area contributed by atoms with Crippen LogP contribution in [0.5, 0.6) is 11.5 Å². The highest BCUT2D eigenvalue weighted by molar-refractivity contribution is 5.79. The van der Waals surface area contributed by atoms with Crippen LogP contribution in [-0.2, 0) is 16.0 Å². The minimum absolute atomic E-state index is 0.0364. The summed E-state index contributed by atoms with van der Waals surface area (Å²) >= 11 is 0. The van der Waals surface area contributed by atoms with E-state index in [4.69, 9.17) is 14.2 Å². The standard InChI is InChI=1S/C30H51N5O5/c1-20(2)23(15-22-9-10-28(39-7)29(16-22)40-14-8-13-38-6)17-26(33-34-31)27(36)18-25(21(3)4)30(37)32-24-11-12-35(5)19-24/h9-10,16,20-21,23-27,36H,8,11-15,17-19H2,1-7H3,(H,32,37)/t23-,24?,25-,26-,27-/m0/s1. The molecule has 10 nitrogen and oxygen atoms in total. The molecule has 1 saturated heterocycles. The average molecular weight is 562 g/mol. The Bertz CT molecular complexity index is 952. The largest absolute Gasteiger partial charge is 0.493 e. The molecule has 0 aliphatic carbocycles. The van der Waals surface area contributed by atoms with Crippen molar-refractivity contribution in [1.29, 1.82) is 0 Å². The fraction of sp³-hybridized carbons (Fsp3) is 0.767. The van der Waals surface area contributed by atoms with Gasteiger partial charge in [-0.3, -0.25) is 4.79 Å². The lowest BCUT2D eigenvalue weighted by atomic mass is 9.80. The fourth-order valence-corrected chi connectivity index (χ4v) is 5.36. The number of carbonyl (C=O) groups is 1. The van der Waals surface area contributed by atoms with Crippen LogP contribution in [0.4, 0.5) is 0 Å². The number of likely N-dealkylation sites (tertiary alicyclic amines) is 1. The molecule has 1 amide bonds.